The summed E-state index contributed by atoms with van der Waals surface area (Å²) in [6.45, 7) is 6.43. The Kier molecular flexibility index (Phi) is 10.7. The smallest absolute Gasteiger partial charge is 0.242 e. The molecule has 0 aromatic heterocycles. The van der Waals surface area contributed by atoms with Crippen molar-refractivity contribution < 1.29 is 22.4 Å². The third-order valence-corrected chi connectivity index (χ3v) is 6.92. The molecule has 2 rings (SSSR count). The van der Waals surface area contributed by atoms with Crippen molar-refractivity contribution in [1.82, 2.24) is 10.2 Å². The number of hydrogen-bond donors (Lipinski definition) is 1. The van der Waals surface area contributed by atoms with Gasteiger partial charge in [0.1, 0.15) is 11.9 Å². The zero-order chi connectivity index (χ0) is 26.0. The van der Waals surface area contributed by atoms with Gasteiger partial charge in [0.15, 0.2) is 0 Å². The molecular formula is C26H36FN3O4S. The molecule has 7 nitrogen and oxygen atoms in total. The molecule has 0 radical (unpaired) electrons. The summed E-state index contributed by atoms with van der Waals surface area (Å²) in [5.74, 6) is -1.16. The molecule has 2 amide bonds. The second kappa shape index (κ2) is 13.2. The number of rotatable bonds is 13. The number of halogens is 1. The fourth-order valence-electron chi connectivity index (χ4n) is 3.65. The van der Waals surface area contributed by atoms with Gasteiger partial charge in [0.25, 0.3) is 0 Å². The highest BCUT2D eigenvalue weighted by molar-refractivity contribution is 7.92. The summed E-state index contributed by atoms with van der Waals surface area (Å²) < 4.78 is 39.8. The molecule has 0 unspecified atom stereocenters. The lowest BCUT2D eigenvalue weighted by Crippen LogP contribution is -2.48. The van der Waals surface area contributed by atoms with Gasteiger partial charge in [0.05, 0.1) is 11.9 Å². The first-order valence-corrected chi connectivity index (χ1v) is 13.7. The number of nitrogens with zero attached hydrogens (tertiary/aromatic N) is 2. The fourth-order valence-corrected chi connectivity index (χ4v) is 4.61. The molecule has 2 aromatic rings. The van der Waals surface area contributed by atoms with Crippen LogP contribution in [0.25, 0.3) is 0 Å². The zero-order valence-electron chi connectivity index (χ0n) is 21.0. The summed E-state index contributed by atoms with van der Waals surface area (Å²) >= 11 is 0. The Morgan fingerprint density at radius 1 is 1.06 bits per heavy atom. The summed E-state index contributed by atoms with van der Waals surface area (Å²) in [6, 6.07) is 12.7. The van der Waals surface area contributed by atoms with Crippen LogP contribution < -0.4 is 9.62 Å². The van der Waals surface area contributed by atoms with Gasteiger partial charge < -0.3 is 10.2 Å². The van der Waals surface area contributed by atoms with Gasteiger partial charge in [-0.25, -0.2) is 12.8 Å². The first-order chi connectivity index (χ1) is 16.5. The molecule has 0 aliphatic heterocycles. The molecule has 0 aliphatic rings. The van der Waals surface area contributed by atoms with Gasteiger partial charge in [0.2, 0.25) is 21.8 Å². The summed E-state index contributed by atoms with van der Waals surface area (Å²) in [4.78, 5) is 27.5. The average Bonchev–Trinajstić information content (AvgIpc) is 2.81. The average molecular weight is 506 g/mol. The summed E-state index contributed by atoms with van der Waals surface area (Å²) in [5.41, 5.74) is 1.93. The lowest BCUT2D eigenvalue weighted by Gasteiger charge is -2.29. The largest absolute Gasteiger partial charge is 0.354 e. The van der Waals surface area contributed by atoms with Crippen LogP contribution in [0.15, 0.2) is 48.5 Å². The van der Waals surface area contributed by atoms with E-state index in [2.05, 4.69) is 5.32 Å². The van der Waals surface area contributed by atoms with Crippen molar-refractivity contribution in [3.05, 3.63) is 65.5 Å². The van der Waals surface area contributed by atoms with Crippen LogP contribution in [-0.2, 0) is 26.2 Å². The van der Waals surface area contributed by atoms with Crippen LogP contribution in [0.3, 0.4) is 0 Å². The maximum Gasteiger partial charge on any atom is 0.242 e. The van der Waals surface area contributed by atoms with Crippen molar-refractivity contribution in [2.75, 3.05) is 23.7 Å². The number of unbranched alkanes of at least 4 members (excludes halogenated alkanes) is 1. The third-order valence-electron chi connectivity index (χ3n) is 5.74. The number of carbonyl (C=O) groups excluding carboxylic acids is 2. The fraction of sp³-hybridized carbons (Fsp3) is 0.462. The van der Waals surface area contributed by atoms with Crippen LogP contribution in [0, 0.1) is 12.7 Å². The molecule has 0 spiro atoms. The van der Waals surface area contributed by atoms with Gasteiger partial charge >= 0.3 is 0 Å². The lowest BCUT2D eigenvalue weighted by atomic mass is 10.1. The number of anilines is 1. The molecule has 1 N–H and O–H groups in total. The monoisotopic (exact) mass is 505 g/mol. The topological polar surface area (TPSA) is 86.8 Å². The molecule has 0 aliphatic carbocycles. The number of sulfonamides is 1. The van der Waals surface area contributed by atoms with Crippen molar-refractivity contribution >= 4 is 27.5 Å². The molecule has 35 heavy (non-hydrogen) atoms. The summed E-state index contributed by atoms with van der Waals surface area (Å²) in [5, 5.41) is 2.87. The van der Waals surface area contributed by atoms with Gasteiger partial charge in [-0.2, -0.15) is 0 Å². The van der Waals surface area contributed by atoms with Gasteiger partial charge in [-0.1, -0.05) is 55.3 Å². The molecule has 0 saturated heterocycles. The Balaban J connectivity index is 2.14. The summed E-state index contributed by atoms with van der Waals surface area (Å²) in [7, 11) is -3.75. The maximum atomic E-state index is 14.3. The molecular weight excluding hydrogens is 469 g/mol. The van der Waals surface area contributed by atoms with E-state index in [0.717, 1.165) is 34.5 Å². The van der Waals surface area contributed by atoms with E-state index >= 15 is 0 Å². The maximum absolute atomic E-state index is 14.3. The highest BCUT2D eigenvalue weighted by Crippen LogP contribution is 2.22. The van der Waals surface area contributed by atoms with Crippen molar-refractivity contribution in [2.45, 2.75) is 59.0 Å². The van der Waals surface area contributed by atoms with Crippen LogP contribution in [0.4, 0.5) is 10.1 Å². The van der Waals surface area contributed by atoms with E-state index in [1.165, 1.54) is 23.1 Å². The molecule has 9 heteroatoms. The number of para-hydroxylation sites is 1. The highest BCUT2D eigenvalue weighted by Gasteiger charge is 2.27. The van der Waals surface area contributed by atoms with E-state index in [1.54, 1.807) is 13.0 Å². The molecule has 0 fully saturated rings. The molecule has 192 valence electrons. The van der Waals surface area contributed by atoms with E-state index in [1.807, 2.05) is 38.1 Å². The third kappa shape index (κ3) is 8.65. The lowest BCUT2D eigenvalue weighted by molar-refractivity contribution is -0.140. The Labute approximate surface area is 208 Å². The second-order valence-corrected chi connectivity index (χ2v) is 10.6. The number of nitrogens with one attached hydrogen (secondary N) is 1. The van der Waals surface area contributed by atoms with Gasteiger partial charge in [-0.3, -0.25) is 13.9 Å². The second-order valence-electron chi connectivity index (χ2n) is 8.72. The predicted octanol–water partition coefficient (Wildman–Crippen LogP) is 4.01. The number of hydrogen-bond acceptors (Lipinski definition) is 4. The Hall–Kier alpha value is -2.94. The van der Waals surface area contributed by atoms with Crippen LogP contribution in [0.1, 0.15) is 50.7 Å². The predicted molar refractivity (Wildman–Crippen MR) is 137 cm³/mol. The van der Waals surface area contributed by atoms with Crippen LogP contribution in [0.5, 0.6) is 0 Å². The van der Waals surface area contributed by atoms with Crippen LogP contribution in [0.2, 0.25) is 0 Å². The molecule has 0 saturated carbocycles. The van der Waals surface area contributed by atoms with E-state index in [-0.39, 0.29) is 43.4 Å². The first-order valence-electron chi connectivity index (χ1n) is 11.9. The Bertz CT molecular complexity index is 1090. The summed E-state index contributed by atoms with van der Waals surface area (Å²) in [6.07, 6.45) is 2.99. The molecule has 0 heterocycles. The zero-order valence-corrected chi connectivity index (χ0v) is 21.8. The van der Waals surface area contributed by atoms with Crippen molar-refractivity contribution in [1.29, 1.82) is 0 Å². The SMILES string of the molecule is CCCCNC(=O)[C@@H](C)N(Cc1ccc(C)cc1)C(=O)CCCN(c1ccccc1F)S(C)(=O)=O. The number of carbonyl (C=O) groups is 2. The minimum absolute atomic E-state index is 0.0128. The van der Waals surface area contributed by atoms with Gasteiger partial charge in [-0.15, -0.1) is 0 Å². The van der Waals surface area contributed by atoms with E-state index in [4.69, 9.17) is 0 Å². The minimum atomic E-state index is -3.75. The standard InChI is InChI=1S/C26H36FN3O4S/c1-5-6-17-28-26(32)21(3)29(19-22-15-13-20(2)14-16-22)25(31)12-9-18-30(35(4,33)34)24-11-8-7-10-23(24)27/h7-8,10-11,13-16,21H,5-6,9,12,17-19H2,1-4H3,(H,28,32)/t21-/m1/s1. The number of benzene rings is 2. The Morgan fingerprint density at radius 2 is 1.71 bits per heavy atom. The van der Waals surface area contributed by atoms with Gasteiger partial charge in [0, 0.05) is 26.1 Å². The van der Waals surface area contributed by atoms with E-state index in [9.17, 15) is 22.4 Å². The molecule has 1 atom stereocenters. The van der Waals surface area contributed by atoms with Crippen molar-refractivity contribution in [2.24, 2.45) is 0 Å². The van der Waals surface area contributed by atoms with E-state index < -0.39 is 21.9 Å². The normalized spacial score (nSPS) is 12.1. The van der Waals surface area contributed by atoms with Crippen molar-refractivity contribution in [3.63, 3.8) is 0 Å². The van der Waals surface area contributed by atoms with Crippen molar-refractivity contribution in [3.8, 4) is 0 Å². The highest BCUT2D eigenvalue weighted by atomic mass is 32.2. The number of amides is 2. The van der Waals surface area contributed by atoms with Gasteiger partial charge in [-0.05, 0) is 44.4 Å². The molecule has 2 aromatic carbocycles. The first kappa shape index (κ1) is 28.3. The number of aryl methyl sites for hydroxylation is 1. The quantitative estimate of drug-likeness (QED) is 0.417. The van der Waals surface area contributed by atoms with E-state index in [0.29, 0.717) is 6.54 Å². The molecule has 0 bridgehead atoms. The van der Waals surface area contributed by atoms with Crippen LogP contribution in [-0.4, -0.2) is 50.5 Å². The minimum Gasteiger partial charge on any atom is -0.354 e. The Morgan fingerprint density at radius 3 is 2.31 bits per heavy atom. The van der Waals surface area contributed by atoms with Crippen LogP contribution >= 0.6 is 0 Å².